The third-order valence-corrected chi connectivity index (χ3v) is 2.33. The Morgan fingerprint density at radius 2 is 2.14 bits per heavy atom. The van der Waals surface area contributed by atoms with Crippen molar-refractivity contribution >= 4 is 5.71 Å². The Morgan fingerprint density at radius 3 is 2.86 bits per heavy atom. The van der Waals surface area contributed by atoms with Gasteiger partial charge in [0.2, 0.25) is 0 Å². The van der Waals surface area contributed by atoms with Crippen LogP contribution in [0.2, 0.25) is 0 Å². The van der Waals surface area contributed by atoms with Crippen LogP contribution < -0.4 is 0 Å². The maximum absolute atomic E-state index is 4.56. The van der Waals surface area contributed by atoms with Gasteiger partial charge in [0.25, 0.3) is 0 Å². The second-order valence-corrected chi connectivity index (χ2v) is 3.63. The van der Waals surface area contributed by atoms with Gasteiger partial charge in [-0.2, -0.15) is 0 Å². The van der Waals surface area contributed by atoms with E-state index in [1.54, 1.807) is 0 Å². The molecule has 14 heavy (non-hydrogen) atoms. The zero-order valence-corrected chi connectivity index (χ0v) is 8.57. The molecule has 2 heteroatoms. The summed E-state index contributed by atoms with van der Waals surface area (Å²) in [5, 5.41) is 0. The van der Waals surface area contributed by atoms with E-state index in [1.807, 2.05) is 32.0 Å². The predicted molar refractivity (Wildman–Crippen MR) is 58.6 cm³/mol. The molecule has 0 saturated carbocycles. The topological polar surface area (TPSA) is 25.2 Å². The summed E-state index contributed by atoms with van der Waals surface area (Å²) in [6.45, 7) is 4.04. The van der Waals surface area contributed by atoms with E-state index >= 15 is 0 Å². The van der Waals surface area contributed by atoms with Gasteiger partial charge in [-0.25, -0.2) is 0 Å². The van der Waals surface area contributed by atoms with Crippen molar-refractivity contribution in [1.82, 2.24) is 4.98 Å². The molecule has 2 rings (SSSR count). The summed E-state index contributed by atoms with van der Waals surface area (Å²) < 4.78 is 0. The highest BCUT2D eigenvalue weighted by atomic mass is 14.9. The van der Waals surface area contributed by atoms with Gasteiger partial charge in [0.15, 0.2) is 0 Å². The zero-order chi connectivity index (χ0) is 9.97. The summed E-state index contributed by atoms with van der Waals surface area (Å²) in [5.41, 5.74) is 3.23. The van der Waals surface area contributed by atoms with E-state index < -0.39 is 0 Å². The lowest BCUT2D eigenvalue weighted by atomic mass is 10.1. The van der Waals surface area contributed by atoms with Crippen molar-refractivity contribution in [2.75, 3.05) is 0 Å². The van der Waals surface area contributed by atoms with Gasteiger partial charge in [-0.05, 0) is 38.5 Å². The number of nitrogens with zero attached hydrogens (tertiary/aromatic N) is 2. The van der Waals surface area contributed by atoms with Crippen molar-refractivity contribution < 1.29 is 0 Å². The lowest BCUT2D eigenvalue weighted by Crippen LogP contribution is -2.04. The van der Waals surface area contributed by atoms with E-state index in [0.29, 0.717) is 0 Å². The molecule has 0 aromatic carbocycles. The molecular formula is C12H14N2. The number of aromatic nitrogens is 1. The quantitative estimate of drug-likeness (QED) is 0.662. The number of hydrogen-bond acceptors (Lipinski definition) is 2. The van der Waals surface area contributed by atoms with Crippen molar-refractivity contribution in [1.29, 1.82) is 0 Å². The molecule has 0 aliphatic carbocycles. The van der Waals surface area contributed by atoms with Crippen molar-refractivity contribution in [2.45, 2.75) is 26.3 Å². The summed E-state index contributed by atoms with van der Waals surface area (Å²) >= 11 is 0. The maximum Gasteiger partial charge on any atom is 0.0957 e. The highest BCUT2D eigenvalue weighted by molar-refractivity contribution is 5.93. The van der Waals surface area contributed by atoms with Crippen molar-refractivity contribution in [2.24, 2.45) is 4.99 Å². The molecule has 0 saturated heterocycles. The molecule has 0 fully saturated rings. The highest BCUT2D eigenvalue weighted by Crippen LogP contribution is 2.23. The minimum atomic E-state index is 0.222. The van der Waals surface area contributed by atoms with Crippen LogP contribution in [0.25, 0.3) is 0 Å². The molecule has 0 radical (unpaired) electrons. The lowest BCUT2D eigenvalue weighted by molar-refractivity contribution is 0.705. The SMILES string of the molecule is CC1=NC(c2cccc(C)n2)CC=C1. The first kappa shape index (κ1) is 9.13. The Hall–Kier alpha value is -1.44. The molecular weight excluding hydrogens is 172 g/mol. The van der Waals surface area contributed by atoms with Crippen LogP contribution in [-0.2, 0) is 0 Å². The summed E-state index contributed by atoms with van der Waals surface area (Å²) in [4.78, 5) is 9.05. The number of allylic oxidation sites excluding steroid dienone is 1. The normalized spacial score (nSPS) is 20.7. The van der Waals surface area contributed by atoms with Gasteiger partial charge in [-0.15, -0.1) is 0 Å². The molecule has 1 aromatic heterocycles. The summed E-state index contributed by atoms with van der Waals surface area (Å²) in [5.74, 6) is 0. The summed E-state index contributed by atoms with van der Waals surface area (Å²) in [6, 6.07) is 6.33. The molecule has 2 heterocycles. The number of hydrogen-bond donors (Lipinski definition) is 0. The summed E-state index contributed by atoms with van der Waals surface area (Å²) in [6.07, 6.45) is 5.19. The minimum Gasteiger partial charge on any atom is -0.280 e. The molecule has 1 aliphatic rings. The average Bonchev–Trinajstić information content (AvgIpc) is 2.18. The molecule has 0 amide bonds. The van der Waals surface area contributed by atoms with Crippen LogP contribution in [-0.4, -0.2) is 10.7 Å². The van der Waals surface area contributed by atoms with Gasteiger partial charge in [0.05, 0.1) is 11.7 Å². The van der Waals surface area contributed by atoms with Crippen LogP contribution in [0.4, 0.5) is 0 Å². The largest absolute Gasteiger partial charge is 0.280 e. The number of dihydropyridines is 1. The van der Waals surface area contributed by atoms with E-state index in [1.165, 1.54) is 0 Å². The third-order valence-electron chi connectivity index (χ3n) is 2.33. The molecule has 1 unspecified atom stereocenters. The molecule has 0 N–H and O–H groups in total. The Morgan fingerprint density at radius 1 is 1.29 bits per heavy atom. The van der Waals surface area contributed by atoms with E-state index in [9.17, 15) is 0 Å². The van der Waals surface area contributed by atoms with Gasteiger partial charge >= 0.3 is 0 Å². The van der Waals surface area contributed by atoms with E-state index in [2.05, 4.69) is 22.1 Å². The molecule has 0 spiro atoms. The minimum absolute atomic E-state index is 0.222. The Labute approximate surface area is 84.4 Å². The number of aliphatic imine (C=N–C) groups is 1. The van der Waals surface area contributed by atoms with Crippen LogP contribution >= 0.6 is 0 Å². The first-order valence-corrected chi connectivity index (χ1v) is 4.90. The van der Waals surface area contributed by atoms with Gasteiger partial charge < -0.3 is 0 Å². The summed E-state index contributed by atoms with van der Waals surface area (Å²) in [7, 11) is 0. The monoisotopic (exact) mass is 186 g/mol. The fourth-order valence-corrected chi connectivity index (χ4v) is 1.65. The molecule has 0 bridgehead atoms. The first-order valence-electron chi connectivity index (χ1n) is 4.90. The first-order chi connectivity index (χ1) is 6.75. The second kappa shape index (κ2) is 3.74. The fraction of sp³-hybridized carbons (Fsp3) is 0.333. The smallest absolute Gasteiger partial charge is 0.0957 e. The van der Waals surface area contributed by atoms with E-state index in [0.717, 1.165) is 23.5 Å². The van der Waals surface area contributed by atoms with Gasteiger partial charge in [0, 0.05) is 11.4 Å². The van der Waals surface area contributed by atoms with Crippen LogP contribution in [0, 0.1) is 6.92 Å². The van der Waals surface area contributed by atoms with E-state index in [4.69, 9.17) is 0 Å². The average molecular weight is 186 g/mol. The lowest BCUT2D eigenvalue weighted by Gasteiger charge is -2.14. The van der Waals surface area contributed by atoms with Crippen LogP contribution in [0.1, 0.15) is 30.8 Å². The Bertz CT molecular complexity index is 391. The number of rotatable bonds is 1. The van der Waals surface area contributed by atoms with Crippen molar-refractivity contribution in [3.8, 4) is 0 Å². The van der Waals surface area contributed by atoms with Crippen LogP contribution in [0.5, 0.6) is 0 Å². The van der Waals surface area contributed by atoms with Crippen LogP contribution in [0.15, 0.2) is 35.3 Å². The Balaban J connectivity index is 2.28. The third kappa shape index (κ3) is 1.90. The molecule has 1 atom stereocenters. The van der Waals surface area contributed by atoms with Gasteiger partial charge in [-0.1, -0.05) is 12.1 Å². The van der Waals surface area contributed by atoms with E-state index in [-0.39, 0.29) is 6.04 Å². The molecule has 72 valence electrons. The number of pyridine rings is 1. The maximum atomic E-state index is 4.56. The fourth-order valence-electron chi connectivity index (χ4n) is 1.65. The Kier molecular flexibility index (Phi) is 2.44. The number of aryl methyl sites for hydroxylation is 1. The predicted octanol–water partition coefficient (Wildman–Crippen LogP) is 2.85. The van der Waals surface area contributed by atoms with Gasteiger partial charge in [-0.3, -0.25) is 9.98 Å². The standard InChI is InChI=1S/C12H14N2/c1-9-5-3-7-11(13-9)12-8-4-6-10(2)14-12/h3-7,12H,8H2,1-2H3. The molecule has 1 aliphatic heterocycles. The van der Waals surface area contributed by atoms with Crippen molar-refractivity contribution in [3.63, 3.8) is 0 Å². The molecule has 2 nitrogen and oxygen atoms in total. The second-order valence-electron chi connectivity index (χ2n) is 3.63. The van der Waals surface area contributed by atoms with Crippen LogP contribution in [0.3, 0.4) is 0 Å². The van der Waals surface area contributed by atoms with Crippen molar-refractivity contribution in [3.05, 3.63) is 41.7 Å². The molecule has 1 aromatic rings. The highest BCUT2D eigenvalue weighted by Gasteiger charge is 2.12. The zero-order valence-electron chi connectivity index (χ0n) is 8.57. The van der Waals surface area contributed by atoms with Gasteiger partial charge in [0.1, 0.15) is 0 Å².